The van der Waals surface area contributed by atoms with Crippen molar-refractivity contribution in [1.82, 2.24) is 10.6 Å². The highest BCUT2D eigenvalue weighted by atomic mass is 16.5. The first-order chi connectivity index (χ1) is 11.4. The van der Waals surface area contributed by atoms with E-state index in [4.69, 9.17) is 4.74 Å². The van der Waals surface area contributed by atoms with Crippen molar-refractivity contribution in [2.75, 3.05) is 13.2 Å². The van der Waals surface area contributed by atoms with Crippen molar-refractivity contribution in [3.05, 3.63) is 48.2 Å². The topological polar surface area (TPSA) is 70.6 Å². The Labute approximate surface area is 144 Å². The molecule has 0 fully saturated rings. The minimum Gasteiger partial charge on any atom is -0.491 e. The molecule has 0 aromatic heterocycles. The number of allylic oxidation sites excluding steroid dienone is 1. The molecule has 1 aromatic carbocycles. The second-order valence-corrected chi connectivity index (χ2v) is 5.92. The summed E-state index contributed by atoms with van der Waals surface area (Å²) in [7, 11) is 0. The molecule has 0 aliphatic rings. The van der Waals surface area contributed by atoms with Crippen LogP contribution in [0.4, 0.5) is 0 Å². The molecule has 0 saturated carbocycles. The molecule has 24 heavy (non-hydrogen) atoms. The number of carbonyl (C=O) groups excluding carboxylic acids is 1. The van der Waals surface area contributed by atoms with Gasteiger partial charge in [0.05, 0.1) is 0 Å². The van der Waals surface area contributed by atoms with Crippen molar-refractivity contribution in [2.45, 2.75) is 39.3 Å². The van der Waals surface area contributed by atoms with Crippen molar-refractivity contribution in [2.24, 2.45) is 0 Å². The first-order valence-electron chi connectivity index (χ1n) is 8.14. The van der Waals surface area contributed by atoms with Crippen LogP contribution in [0.15, 0.2) is 37.1 Å². The van der Waals surface area contributed by atoms with E-state index >= 15 is 0 Å². The molecule has 3 N–H and O–H groups in total. The zero-order valence-corrected chi connectivity index (χ0v) is 14.7. The third-order valence-corrected chi connectivity index (χ3v) is 3.20. The Bertz CT molecular complexity index is 568. The molecule has 1 unspecified atom stereocenters. The van der Waals surface area contributed by atoms with Crippen LogP contribution in [0.3, 0.4) is 0 Å². The van der Waals surface area contributed by atoms with Gasteiger partial charge in [0, 0.05) is 25.7 Å². The normalized spacial score (nSPS) is 12.4. The van der Waals surface area contributed by atoms with E-state index in [0.29, 0.717) is 19.0 Å². The Morgan fingerprint density at radius 1 is 1.42 bits per heavy atom. The summed E-state index contributed by atoms with van der Waals surface area (Å²) in [6, 6.07) is 6.08. The molecule has 0 aliphatic carbocycles. The highest BCUT2D eigenvalue weighted by molar-refractivity contribution is 5.75. The van der Waals surface area contributed by atoms with Gasteiger partial charge in [0.1, 0.15) is 18.5 Å². The van der Waals surface area contributed by atoms with Crippen LogP contribution in [-0.4, -0.2) is 36.3 Å². The van der Waals surface area contributed by atoms with Gasteiger partial charge in [-0.3, -0.25) is 4.79 Å². The van der Waals surface area contributed by atoms with Crippen molar-refractivity contribution in [1.29, 1.82) is 0 Å². The van der Waals surface area contributed by atoms with Crippen LogP contribution < -0.4 is 15.4 Å². The summed E-state index contributed by atoms with van der Waals surface area (Å²) in [6.45, 7) is 10.0. The average molecular weight is 332 g/mol. The number of benzene rings is 1. The fourth-order valence-electron chi connectivity index (χ4n) is 2.03. The van der Waals surface area contributed by atoms with Gasteiger partial charge >= 0.3 is 0 Å². The van der Waals surface area contributed by atoms with Crippen LogP contribution >= 0.6 is 0 Å². The van der Waals surface area contributed by atoms with E-state index in [0.717, 1.165) is 16.9 Å². The predicted octanol–water partition coefficient (Wildman–Crippen LogP) is 2.26. The lowest BCUT2D eigenvalue weighted by Gasteiger charge is -2.17. The maximum Gasteiger partial charge on any atom is 0.220 e. The lowest BCUT2D eigenvalue weighted by Crippen LogP contribution is -2.35. The highest BCUT2D eigenvalue weighted by Gasteiger charge is 2.09. The molecular weight excluding hydrogens is 304 g/mol. The Balaban J connectivity index is 2.70. The van der Waals surface area contributed by atoms with Gasteiger partial charge in [-0.25, -0.2) is 0 Å². The maximum atomic E-state index is 10.9. The second-order valence-electron chi connectivity index (χ2n) is 5.92. The van der Waals surface area contributed by atoms with E-state index < -0.39 is 6.10 Å². The minimum absolute atomic E-state index is 0.110. The van der Waals surface area contributed by atoms with E-state index in [1.807, 2.05) is 38.1 Å². The van der Waals surface area contributed by atoms with Crippen molar-refractivity contribution >= 4 is 12.0 Å². The summed E-state index contributed by atoms with van der Waals surface area (Å²) in [5.74, 6) is 0.622. The third-order valence-electron chi connectivity index (χ3n) is 3.20. The molecule has 0 spiro atoms. The van der Waals surface area contributed by atoms with Gasteiger partial charge in [-0.2, -0.15) is 0 Å². The molecule has 1 atom stereocenters. The zero-order valence-electron chi connectivity index (χ0n) is 14.7. The summed E-state index contributed by atoms with van der Waals surface area (Å²) in [5, 5.41) is 15.7. The minimum atomic E-state index is -0.566. The molecule has 1 amide bonds. The summed E-state index contributed by atoms with van der Waals surface area (Å²) in [6.07, 6.45) is 5.33. The lowest BCUT2D eigenvalue weighted by atomic mass is 10.1. The van der Waals surface area contributed by atoms with E-state index in [1.165, 1.54) is 6.92 Å². The fourth-order valence-corrected chi connectivity index (χ4v) is 2.03. The van der Waals surface area contributed by atoms with Gasteiger partial charge in [-0.05, 0) is 35.8 Å². The number of nitrogens with one attached hydrogen (secondary N) is 2. The fraction of sp³-hybridized carbons (Fsp3) is 0.421. The van der Waals surface area contributed by atoms with E-state index in [-0.39, 0.29) is 12.5 Å². The van der Waals surface area contributed by atoms with Gasteiger partial charge in [0.25, 0.3) is 0 Å². The molecule has 1 aromatic rings. The van der Waals surface area contributed by atoms with E-state index in [1.54, 1.807) is 12.3 Å². The summed E-state index contributed by atoms with van der Waals surface area (Å²) in [4.78, 5) is 10.9. The van der Waals surface area contributed by atoms with Crippen LogP contribution in [-0.2, 0) is 11.2 Å². The number of carbonyl (C=O) groups is 1. The number of amides is 1. The molecule has 0 aliphatic heterocycles. The predicted molar refractivity (Wildman–Crippen MR) is 97.8 cm³/mol. The number of hydrogen-bond donors (Lipinski definition) is 3. The number of rotatable bonds is 10. The molecule has 5 heteroatoms. The lowest BCUT2D eigenvalue weighted by molar-refractivity contribution is -0.118. The van der Waals surface area contributed by atoms with Crippen LogP contribution in [0.2, 0.25) is 0 Å². The smallest absolute Gasteiger partial charge is 0.220 e. The van der Waals surface area contributed by atoms with Gasteiger partial charge in [-0.1, -0.05) is 26.0 Å². The zero-order chi connectivity index (χ0) is 17.9. The van der Waals surface area contributed by atoms with Gasteiger partial charge in [-0.15, -0.1) is 6.58 Å². The quantitative estimate of drug-likeness (QED) is 0.575. The highest BCUT2D eigenvalue weighted by Crippen LogP contribution is 2.22. The standard InChI is InChI=1S/C19H28N2O3/c1-5-6-17-11-16(9-10-20-15(4)22)7-8-19(17)24-13-18(23)12-21-14(2)3/h5,7-11,14,18,21,23H,1,6,12-13H2,2-4H3,(H,20,22). The van der Waals surface area contributed by atoms with Crippen LogP contribution in [0.25, 0.3) is 6.08 Å². The van der Waals surface area contributed by atoms with Crippen molar-refractivity contribution in [3.63, 3.8) is 0 Å². The Morgan fingerprint density at radius 3 is 2.79 bits per heavy atom. The first-order valence-corrected chi connectivity index (χ1v) is 8.14. The summed E-state index contributed by atoms with van der Waals surface area (Å²) < 4.78 is 5.75. The number of ether oxygens (including phenoxy) is 1. The molecule has 0 bridgehead atoms. The molecule has 0 heterocycles. The summed E-state index contributed by atoms with van der Waals surface area (Å²) >= 11 is 0. The Morgan fingerprint density at radius 2 is 2.17 bits per heavy atom. The maximum absolute atomic E-state index is 10.9. The van der Waals surface area contributed by atoms with Gasteiger partial charge < -0.3 is 20.5 Å². The first kappa shape index (κ1) is 19.9. The number of aliphatic hydroxyl groups excluding tert-OH is 1. The SMILES string of the molecule is C=CCc1cc(C=CNC(C)=O)ccc1OCC(O)CNC(C)C. The van der Waals surface area contributed by atoms with Crippen molar-refractivity contribution in [3.8, 4) is 5.75 Å². The summed E-state index contributed by atoms with van der Waals surface area (Å²) in [5.41, 5.74) is 1.94. The molecule has 5 nitrogen and oxygen atoms in total. The van der Waals surface area contributed by atoms with Gasteiger partial charge in [0.15, 0.2) is 0 Å². The monoisotopic (exact) mass is 332 g/mol. The van der Waals surface area contributed by atoms with Crippen LogP contribution in [0.1, 0.15) is 31.9 Å². The van der Waals surface area contributed by atoms with Crippen LogP contribution in [0.5, 0.6) is 5.75 Å². The number of hydrogen-bond acceptors (Lipinski definition) is 4. The largest absolute Gasteiger partial charge is 0.491 e. The Hall–Kier alpha value is -2.11. The average Bonchev–Trinajstić information content (AvgIpc) is 2.52. The molecule has 1 rings (SSSR count). The molecule has 0 saturated heterocycles. The second kappa shape index (κ2) is 10.6. The molecule has 132 valence electrons. The number of aliphatic hydroxyl groups is 1. The third kappa shape index (κ3) is 7.94. The van der Waals surface area contributed by atoms with E-state index in [9.17, 15) is 9.90 Å². The molecular formula is C19H28N2O3. The Kier molecular flexibility index (Phi) is 8.83. The van der Waals surface area contributed by atoms with Gasteiger partial charge in [0.2, 0.25) is 5.91 Å². The van der Waals surface area contributed by atoms with E-state index in [2.05, 4.69) is 17.2 Å². The molecule has 0 radical (unpaired) electrons. The van der Waals surface area contributed by atoms with Crippen molar-refractivity contribution < 1.29 is 14.6 Å². The van der Waals surface area contributed by atoms with Crippen LogP contribution in [0, 0.1) is 0 Å².